The Bertz CT molecular complexity index is 650. The maximum absolute atomic E-state index is 13.1. The number of furan rings is 1. The van der Waals surface area contributed by atoms with Crippen LogP contribution in [0.15, 0.2) is 53.1 Å². The van der Waals surface area contributed by atoms with Crippen molar-refractivity contribution in [3.8, 4) is 0 Å². The molecule has 3 rings (SSSR count). The van der Waals surface area contributed by atoms with E-state index in [0.717, 1.165) is 38.4 Å². The van der Waals surface area contributed by atoms with E-state index in [1.165, 1.54) is 5.56 Å². The molecule has 2 unspecified atom stereocenters. The highest BCUT2D eigenvalue weighted by Crippen LogP contribution is 2.48. The van der Waals surface area contributed by atoms with Gasteiger partial charge in [-0.3, -0.25) is 4.79 Å². The third-order valence-electron chi connectivity index (χ3n) is 5.12. The van der Waals surface area contributed by atoms with Crippen LogP contribution in [-0.2, 0) is 11.3 Å². The van der Waals surface area contributed by atoms with E-state index in [0.29, 0.717) is 6.54 Å². The summed E-state index contributed by atoms with van der Waals surface area (Å²) in [5.41, 5.74) is 1.19. The largest absolute Gasteiger partial charge is 0.469 e. The number of hydrogen-bond donors (Lipinski definition) is 0. The van der Waals surface area contributed by atoms with E-state index in [1.807, 2.05) is 35.2 Å². The molecule has 1 aromatic heterocycles. The van der Waals surface area contributed by atoms with Gasteiger partial charge in [0.15, 0.2) is 0 Å². The van der Waals surface area contributed by atoms with Crippen molar-refractivity contribution in [1.29, 1.82) is 0 Å². The van der Waals surface area contributed by atoms with Gasteiger partial charge in [0.05, 0.1) is 6.26 Å². The van der Waals surface area contributed by atoms with Gasteiger partial charge in [-0.05, 0) is 37.2 Å². The summed E-state index contributed by atoms with van der Waals surface area (Å²) in [4.78, 5) is 17.5. The van der Waals surface area contributed by atoms with Gasteiger partial charge >= 0.3 is 0 Å². The maximum Gasteiger partial charge on any atom is 0.226 e. The van der Waals surface area contributed by atoms with E-state index < -0.39 is 0 Å². The summed E-state index contributed by atoms with van der Waals surface area (Å²) in [6.07, 6.45) is 2.60. The van der Waals surface area contributed by atoms with Crippen molar-refractivity contribution in [1.82, 2.24) is 9.80 Å². The Morgan fingerprint density at radius 2 is 1.84 bits per heavy atom. The third kappa shape index (κ3) is 4.51. The van der Waals surface area contributed by atoms with E-state index in [-0.39, 0.29) is 17.7 Å². The lowest BCUT2D eigenvalue weighted by Gasteiger charge is -2.27. The average molecular weight is 340 g/mol. The zero-order valence-corrected chi connectivity index (χ0v) is 15.2. The molecule has 0 N–H and O–H groups in total. The molecule has 0 radical (unpaired) electrons. The zero-order chi connectivity index (χ0) is 17.6. The van der Waals surface area contributed by atoms with Crippen LogP contribution < -0.4 is 0 Å². The van der Waals surface area contributed by atoms with Crippen molar-refractivity contribution < 1.29 is 9.21 Å². The molecule has 4 heteroatoms. The number of rotatable bonds is 9. The lowest BCUT2D eigenvalue weighted by Crippen LogP contribution is -2.39. The highest BCUT2D eigenvalue weighted by Gasteiger charge is 2.47. The Kier molecular flexibility index (Phi) is 5.92. The minimum absolute atomic E-state index is 0.0755. The zero-order valence-electron chi connectivity index (χ0n) is 15.2. The van der Waals surface area contributed by atoms with Gasteiger partial charge in [0.2, 0.25) is 5.91 Å². The number of hydrogen-bond acceptors (Lipinski definition) is 3. The van der Waals surface area contributed by atoms with Crippen molar-refractivity contribution >= 4 is 5.91 Å². The van der Waals surface area contributed by atoms with Crippen LogP contribution in [0, 0.1) is 5.92 Å². The topological polar surface area (TPSA) is 36.7 Å². The Hall–Kier alpha value is -2.07. The first-order chi connectivity index (χ1) is 12.2. The van der Waals surface area contributed by atoms with E-state index in [1.54, 1.807) is 6.26 Å². The Labute approximate surface area is 150 Å². The van der Waals surface area contributed by atoms with Crippen molar-refractivity contribution in [2.45, 2.75) is 32.7 Å². The number of carbonyl (C=O) groups is 1. The molecule has 2 atom stereocenters. The minimum atomic E-state index is 0.0755. The molecule has 0 spiro atoms. The first kappa shape index (κ1) is 17.7. The van der Waals surface area contributed by atoms with Gasteiger partial charge in [-0.2, -0.15) is 0 Å². The summed E-state index contributed by atoms with van der Waals surface area (Å²) in [5.74, 6) is 1.54. The number of likely N-dealkylation sites (N-methyl/N-ethyl adjacent to an activating group) is 1. The van der Waals surface area contributed by atoms with E-state index in [9.17, 15) is 4.79 Å². The van der Waals surface area contributed by atoms with Crippen LogP contribution in [0.4, 0.5) is 0 Å². The predicted octanol–water partition coefficient (Wildman–Crippen LogP) is 3.75. The molecule has 2 aromatic rings. The van der Waals surface area contributed by atoms with Gasteiger partial charge in [-0.25, -0.2) is 0 Å². The summed E-state index contributed by atoms with van der Waals surface area (Å²) in [5, 5.41) is 0. The summed E-state index contributed by atoms with van der Waals surface area (Å²) >= 11 is 0. The lowest BCUT2D eigenvalue weighted by molar-refractivity contribution is -0.133. The van der Waals surface area contributed by atoms with Gasteiger partial charge in [0.1, 0.15) is 5.76 Å². The molecule has 1 aromatic carbocycles. The van der Waals surface area contributed by atoms with Gasteiger partial charge < -0.3 is 14.2 Å². The van der Waals surface area contributed by atoms with Crippen LogP contribution in [-0.4, -0.2) is 41.9 Å². The highest BCUT2D eigenvalue weighted by atomic mass is 16.3. The van der Waals surface area contributed by atoms with Gasteiger partial charge in [-0.1, -0.05) is 44.2 Å². The minimum Gasteiger partial charge on any atom is -0.469 e. The van der Waals surface area contributed by atoms with Crippen LogP contribution in [0.25, 0.3) is 0 Å². The standard InChI is InChI=1S/C21H28N2O2/c1-3-22(4-2)12-13-23(16-17-9-6-5-7-10-17)21(24)19-15-18(19)20-11-8-14-25-20/h5-11,14,18-19H,3-4,12-13,15-16H2,1-2H3. The van der Waals surface area contributed by atoms with Crippen LogP contribution in [0.5, 0.6) is 0 Å². The van der Waals surface area contributed by atoms with E-state index in [2.05, 4.69) is 30.9 Å². The monoisotopic (exact) mass is 340 g/mol. The fourth-order valence-electron chi connectivity index (χ4n) is 3.39. The van der Waals surface area contributed by atoms with Crippen LogP contribution >= 0.6 is 0 Å². The van der Waals surface area contributed by atoms with Crippen molar-refractivity contribution in [2.24, 2.45) is 5.92 Å². The van der Waals surface area contributed by atoms with E-state index >= 15 is 0 Å². The van der Waals surface area contributed by atoms with Gasteiger partial charge in [0.25, 0.3) is 0 Å². The van der Waals surface area contributed by atoms with Crippen molar-refractivity contribution in [3.05, 3.63) is 60.1 Å². The van der Waals surface area contributed by atoms with Crippen molar-refractivity contribution in [2.75, 3.05) is 26.2 Å². The molecule has 0 bridgehead atoms. The van der Waals surface area contributed by atoms with Crippen LogP contribution in [0.1, 0.15) is 37.5 Å². The molecule has 1 aliphatic rings. The number of nitrogens with zero attached hydrogens (tertiary/aromatic N) is 2. The Morgan fingerprint density at radius 3 is 2.48 bits per heavy atom. The van der Waals surface area contributed by atoms with Crippen LogP contribution in [0.2, 0.25) is 0 Å². The summed E-state index contributed by atoms with van der Waals surface area (Å²) in [6, 6.07) is 14.1. The van der Waals surface area contributed by atoms with Crippen molar-refractivity contribution in [3.63, 3.8) is 0 Å². The second-order valence-electron chi connectivity index (χ2n) is 6.74. The second-order valence-corrected chi connectivity index (χ2v) is 6.74. The molecule has 1 heterocycles. The summed E-state index contributed by atoms with van der Waals surface area (Å²) in [7, 11) is 0. The highest BCUT2D eigenvalue weighted by molar-refractivity contribution is 5.82. The third-order valence-corrected chi connectivity index (χ3v) is 5.12. The molecule has 0 aliphatic heterocycles. The fourth-order valence-corrected chi connectivity index (χ4v) is 3.39. The predicted molar refractivity (Wildman–Crippen MR) is 99.2 cm³/mol. The molecule has 1 aliphatic carbocycles. The first-order valence-electron chi connectivity index (χ1n) is 9.31. The number of carbonyl (C=O) groups excluding carboxylic acids is 1. The smallest absolute Gasteiger partial charge is 0.226 e. The second kappa shape index (κ2) is 8.34. The average Bonchev–Trinajstić information content (AvgIpc) is 3.26. The van der Waals surface area contributed by atoms with Crippen LogP contribution in [0.3, 0.4) is 0 Å². The van der Waals surface area contributed by atoms with Gasteiger partial charge in [-0.15, -0.1) is 0 Å². The summed E-state index contributed by atoms with van der Waals surface area (Å²) < 4.78 is 5.49. The van der Waals surface area contributed by atoms with E-state index in [4.69, 9.17) is 4.42 Å². The SMILES string of the molecule is CCN(CC)CCN(Cc1ccccc1)C(=O)C1CC1c1ccco1. The quantitative estimate of drug-likeness (QED) is 0.697. The molecule has 1 fully saturated rings. The lowest BCUT2D eigenvalue weighted by atomic mass is 10.2. The number of benzene rings is 1. The Balaban J connectivity index is 1.66. The molecular weight excluding hydrogens is 312 g/mol. The molecular formula is C21H28N2O2. The molecule has 4 nitrogen and oxygen atoms in total. The Morgan fingerprint density at radius 1 is 1.08 bits per heavy atom. The molecule has 25 heavy (non-hydrogen) atoms. The summed E-state index contributed by atoms with van der Waals surface area (Å²) in [6.45, 7) is 8.74. The molecule has 1 amide bonds. The van der Waals surface area contributed by atoms with Gasteiger partial charge in [0, 0.05) is 31.5 Å². The molecule has 134 valence electrons. The normalized spacial score (nSPS) is 19.2. The maximum atomic E-state index is 13.1. The number of amides is 1. The fraction of sp³-hybridized carbons (Fsp3) is 0.476. The molecule has 0 saturated heterocycles. The first-order valence-corrected chi connectivity index (χ1v) is 9.31. The molecule has 1 saturated carbocycles.